The Kier molecular flexibility index (Phi) is 5.56. The fourth-order valence-electron chi connectivity index (χ4n) is 2.74. The van der Waals surface area contributed by atoms with E-state index in [4.69, 9.17) is 9.15 Å². The van der Waals surface area contributed by atoms with Crippen molar-refractivity contribution in [1.29, 1.82) is 0 Å². The summed E-state index contributed by atoms with van der Waals surface area (Å²) in [6.07, 6.45) is 0.985. The highest BCUT2D eigenvalue weighted by Gasteiger charge is 2.20. The first-order chi connectivity index (χ1) is 11.2. The molecule has 3 rings (SSSR count). The maximum absolute atomic E-state index is 12.2. The molecular formula is C17H19F2NO2S. The van der Waals surface area contributed by atoms with Gasteiger partial charge in [-0.15, -0.1) is 0 Å². The zero-order valence-electron chi connectivity index (χ0n) is 12.6. The molecule has 0 radical (unpaired) electrons. The van der Waals surface area contributed by atoms with Crippen LogP contribution >= 0.6 is 11.8 Å². The molecule has 2 heterocycles. The molecule has 0 aliphatic carbocycles. The Morgan fingerprint density at radius 1 is 1.17 bits per heavy atom. The van der Waals surface area contributed by atoms with Crippen LogP contribution in [0.2, 0.25) is 0 Å². The topological polar surface area (TPSA) is 34.4 Å². The highest BCUT2D eigenvalue weighted by Crippen LogP contribution is 2.32. The molecule has 0 bridgehead atoms. The second-order valence-electron chi connectivity index (χ2n) is 5.44. The molecule has 124 valence electrons. The molecule has 0 fully saturated rings. The van der Waals surface area contributed by atoms with E-state index >= 15 is 0 Å². The second-order valence-corrected chi connectivity index (χ2v) is 6.42. The summed E-state index contributed by atoms with van der Waals surface area (Å²) in [5.74, 6) is 0.581. The Labute approximate surface area is 138 Å². The lowest BCUT2D eigenvalue weighted by atomic mass is 9.93. The summed E-state index contributed by atoms with van der Waals surface area (Å²) in [5.41, 5.74) is 1.24. The molecule has 1 aliphatic heterocycles. The summed E-state index contributed by atoms with van der Waals surface area (Å²) >= 11 is 0.575. The summed E-state index contributed by atoms with van der Waals surface area (Å²) in [6, 6.07) is 11.7. The molecule has 0 saturated heterocycles. The minimum Gasteiger partial charge on any atom is -0.493 e. The first-order valence-corrected chi connectivity index (χ1v) is 8.67. The number of hydrogen-bond donors (Lipinski definition) is 1. The van der Waals surface area contributed by atoms with Crippen LogP contribution in [0.4, 0.5) is 8.78 Å². The van der Waals surface area contributed by atoms with Gasteiger partial charge in [-0.05, 0) is 30.2 Å². The summed E-state index contributed by atoms with van der Waals surface area (Å²) in [6.45, 7) is 2.17. The van der Waals surface area contributed by atoms with Crippen molar-refractivity contribution in [2.75, 3.05) is 13.2 Å². The van der Waals surface area contributed by atoms with Crippen LogP contribution in [0, 0.1) is 0 Å². The third-order valence-electron chi connectivity index (χ3n) is 3.84. The average molecular weight is 339 g/mol. The monoisotopic (exact) mass is 339 g/mol. The molecule has 6 heteroatoms. The quantitative estimate of drug-likeness (QED) is 0.811. The van der Waals surface area contributed by atoms with Gasteiger partial charge >= 0.3 is 0 Å². The smallest absolute Gasteiger partial charge is 0.284 e. The van der Waals surface area contributed by atoms with E-state index in [1.54, 1.807) is 6.07 Å². The fraction of sp³-hybridized carbons (Fsp3) is 0.412. The SMILES string of the molecule is FC(F)SCc1ccc(CNCC2CCOc3ccccc32)o1. The average Bonchev–Trinajstić information content (AvgIpc) is 3.01. The van der Waals surface area contributed by atoms with Crippen molar-refractivity contribution in [3.05, 3.63) is 53.5 Å². The van der Waals surface area contributed by atoms with Gasteiger partial charge in [-0.25, -0.2) is 0 Å². The van der Waals surface area contributed by atoms with Crippen molar-refractivity contribution in [2.24, 2.45) is 0 Å². The van der Waals surface area contributed by atoms with Crippen LogP contribution in [-0.4, -0.2) is 18.9 Å². The van der Waals surface area contributed by atoms with Crippen LogP contribution in [0.15, 0.2) is 40.8 Å². The second kappa shape index (κ2) is 7.84. The van der Waals surface area contributed by atoms with Crippen molar-refractivity contribution in [3.8, 4) is 5.75 Å². The van der Waals surface area contributed by atoms with E-state index in [1.165, 1.54) is 5.56 Å². The largest absolute Gasteiger partial charge is 0.493 e. The van der Waals surface area contributed by atoms with E-state index in [9.17, 15) is 8.78 Å². The van der Waals surface area contributed by atoms with Crippen LogP contribution in [0.5, 0.6) is 5.75 Å². The summed E-state index contributed by atoms with van der Waals surface area (Å²) in [5, 5.41) is 3.39. The number of rotatable bonds is 7. The van der Waals surface area contributed by atoms with E-state index < -0.39 is 5.76 Å². The van der Waals surface area contributed by atoms with E-state index in [0.29, 0.717) is 30.0 Å². The van der Waals surface area contributed by atoms with Gasteiger partial charge in [0, 0.05) is 12.5 Å². The van der Waals surface area contributed by atoms with Crippen molar-refractivity contribution in [3.63, 3.8) is 0 Å². The van der Waals surface area contributed by atoms with Gasteiger partial charge in [0.05, 0.1) is 18.9 Å². The van der Waals surface area contributed by atoms with Crippen LogP contribution in [0.1, 0.15) is 29.4 Å². The van der Waals surface area contributed by atoms with Gasteiger partial charge in [0.1, 0.15) is 17.3 Å². The Hall–Kier alpha value is -1.53. The number of thioether (sulfide) groups is 1. The standard InChI is InChI=1S/C17H19F2NO2S/c18-17(19)23-11-14-6-5-13(22-14)10-20-9-12-7-8-21-16-4-2-1-3-15(12)16/h1-6,12,17,20H,7-11H2. The number of benzene rings is 1. The molecule has 1 unspecified atom stereocenters. The Morgan fingerprint density at radius 2 is 2.00 bits per heavy atom. The van der Waals surface area contributed by atoms with Gasteiger partial charge in [-0.2, -0.15) is 8.78 Å². The maximum Gasteiger partial charge on any atom is 0.284 e. The van der Waals surface area contributed by atoms with Gasteiger partial charge in [0.25, 0.3) is 5.76 Å². The highest BCUT2D eigenvalue weighted by molar-refractivity contribution is 7.98. The van der Waals surface area contributed by atoms with Crippen molar-refractivity contribution in [1.82, 2.24) is 5.32 Å². The van der Waals surface area contributed by atoms with Crippen LogP contribution in [0.25, 0.3) is 0 Å². The zero-order valence-corrected chi connectivity index (χ0v) is 13.5. The number of para-hydroxylation sites is 1. The predicted octanol–water partition coefficient (Wildman–Crippen LogP) is 4.39. The minimum absolute atomic E-state index is 0.199. The lowest BCUT2D eigenvalue weighted by Gasteiger charge is -2.25. The summed E-state index contributed by atoms with van der Waals surface area (Å²) < 4.78 is 35.5. The molecule has 0 amide bonds. The number of ether oxygens (including phenoxy) is 1. The maximum atomic E-state index is 12.2. The fourth-order valence-corrected chi connectivity index (χ4v) is 3.18. The molecular weight excluding hydrogens is 320 g/mol. The zero-order chi connectivity index (χ0) is 16.1. The predicted molar refractivity (Wildman–Crippen MR) is 87.0 cm³/mol. The number of fused-ring (bicyclic) bond motifs is 1. The molecule has 0 saturated carbocycles. The third kappa shape index (κ3) is 4.48. The van der Waals surface area contributed by atoms with E-state index in [-0.39, 0.29) is 5.75 Å². The van der Waals surface area contributed by atoms with Crippen molar-refractivity contribution < 1.29 is 17.9 Å². The van der Waals surface area contributed by atoms with Gasteiger partial charge < -0.3 is 14.5 Å². The number of furan rings is 1. The number of hydrogen-bond acceptors (Lipinski definition) is 4. The Bertz CT molecular complexity index is 633. The Balaban J connectivity index is 1.49. The molecule has 1 atom stereocenters. The molecule has 1 aromatic carbocycles. The van der Waals surface area contributed by atoms with E-state index in [2.05, 4.69) is 11.4 Å². The van der Waals surface area contributed by atoms with Crippen LogP contribution < -0.4 is 10.1 Å². The van der Waals surface area contributed by atoms with Crippen molar-refractivity contribution in [2.45, 2.75) is 30.4 Å². The molecule has 1 N–H and O–H groups in total. The molecule has 2 aromatic rings. The third-order valence-corrected chi connectivity index (χ3v) is 4.54. The Morgan fingerprint density at radius 3 is 2.87 bits per heavy atom. The highest BCUT2D eigenvalue weighted by atomic mass is 32.2. The van der Waals surface area contributed by atoms with E-state index in [0.717, 1.165) is 31.1 Å². The molecule has 23 heavy (non-hydrogen) atoms. The summed E-state index contributed by atoms with van der Waals surface area (Å²) in [7, 11) is 0. The van der Waals surface area contributed by atoms with Gasteiger partial charge in [-0.3, -0.25) is 0 Å². The normalized spacial score (nSPS) is 17.1. The van der Waals surface area contributed by atoms with Gasteiger partial charge in [-0.1, -0.05) is 30.0 Å². The van der Waals surface area contributed by atoms with Gasteiger partial charge in [0.2, 0.25) is 0 Å². The molecule has 1 aromatic heterocycles. The lowest BCUT2D eigenvalue weighted by Crippen LogP contribution is -2.25. The lowest BCUT2D eigenvalue weighted by molar-refractivity contribution is 0.251. The van der Waals surface area contributed by atoms with Crippen molar-refractivity contribution >= 4 is 11.8 Å². The molecule has 0 spiro atoms. The molecule has 1 aliphatic rings. The minimum atomic E-state index is -2.37. The number of nitrogens with one attached hydrogen (secondary N) is 1. The van der Waals surface area contributed by atoms with Crippen LogP contribution in [-0.2, 0) is 12.3 Å². The van der Waals surface area contributed by atoms with Gasteiger partial charge in [0.15, 0.2) is 0 Å². The first-order valence-electron chi connectivity index (χ1n) is 7.62. The van der Waals surface area contributed by atoms with E-state index in [1.807, 2.05) is 24.3 Å². The van der Waals surface area contributed by atoms with Crippen LogP contribution in [0.3, 0.4) is 0 Å². The first kappa shape index (κ1) is 16.3. The number of alkyl halides is 2. The molecule has 3 nitrogen and oxygen atoms in total. The number of halogens is 2. The summed E-state index contributed by atoms with van der Waals surface area (Å²) in [4.78, 5) is 0.